The molecule has 1 heterocycles. The second-order valence-electron chi connectivity index (χ2n) is 4.02. The van der Waals surface area contributed by atoms with Gasteiger partial charge in [-0.2, -0.15) is 0 Å². The summed E-state index contributed by atoms with van der Waals surface area (Å²) in [5.74, 6) is 0.954. The molecule has 0 amide bonds. The molecule has 0 bridgehead atoms. The smallest absolute Gasteiger partial charge is 0.00162 e. The van der Waals surface area contributed by atoms with E-state index in [-0.39, 0.29) is 0 Å². The lowest BCUT2D eigenvalue weighted by atomic mass is 9.99. The van der Waals surface area contributed by atoms with Crippen LogP contribution in [0.5, 0.6) is 0 Å². The Kier molecular flexibility index (Phi) is 4.62. The van der Waals surface area contributed by atoms with Crippen molar-refractivity contribution in [2.75, 3.05) is 26.2 Å². The maximum absolute atomic E-state index is 5.45. The standard InChI is InChI=1S/C10H22N2/c1-10-4-8-12(9-5-10)7-3-2-6-11/h10H,2-9,11H2,1H3. The third-order valence-corrected chi connectivity index (χ3v) is 2.80. The molecule has 0 aliphatic carbocycles. The molecule has 1 aliphatic rings. The predicted octanol–water partition coefficient (Wildman–Crippen LogP) is 1.46. The third kappa shape index (κ3) is 3.55. The molecule has 1 saturated heterocycles. The molecular formula is C10H22N2. The van der Waals surface area contributed by atoms with Crippen LogP contribution in [0.25, 0.3) is 0 Å². The van der Waals surface area contributed by atoms with Crippen LogP contribution in [0.4, 0.5) is 0 Å². The maximum Gasteiger partial charge on any atom is -0.00162 e. The number of nitrogens with two attached hydrogens (primary N) is 1. The minimum Gasteiger partial charge on any atom is -0.330 e. The van der Waals surface area contributed by atoms with Crippen molar-refractivity contribution in [3.05, 3.63) is 0 Å². The Bertz CT molecular complexity index is 106. The van der Waals surface area contributed by atoms with Gasteiger partial charge in [0, 0.05) is 0 Å². The number of unbranched alkanes of at least 4 members (excludes halogenated alkanes) is 1. The summed E-state index contributed by atoms with van der Waals surface area (Å²) in [5, 5.41) is 0. The van der Waals surface area contributed by atoms with Gasteiger partial charge < -0.3 is 10.6 Å². The second kappa shape index (κ2) is 5.55. The van der Waals surface area contributed by atoms with Crippen LogP contribution in [0.15, 0.2) is 0 Å². The second-order valence-corrected chi connectivity index (χ2v) is 4.02. The molecule has 0 aromatic rings. The highest BCUT2D eigenvalue weighted by atomic mass is 15.1. The number of rotatable bonds is 4. The zero-order valence-corrected chi connectivity index (χ0v) is 8.26. The maximum atomic E-state index is 5.45. The fourth-order valence-electron chi connectivity index (χ4n) is 1.77. The van der Waals surface area contributed by atoms with Gasteiger partial charge in [0.15, 0.2) is 0 Å². The molecule has 1 aliphatic heterocycles. The van der Waals surface area contributed by atoms with Gasteiger partial charge in [0.05, 0.1) is 0 Å². The number of hydrogen-bond donors (Lipinski definition) is 1. The van der Waals surface area contributed by atoms with Gasteiger partial charge in [0.2, 0.25) is 0 Å². The molecule has 12 heavy (non-hydrogen) atoms. The molecule has 2 N–H and O–H groups in total. The van der Waals surface area contributed by atoms with Crippen molar-refractivity contribution in [2.45, 2.75) is 32.6 Å². The van der Waals surface area contributed by atoms with Crippen molar-refractivity contribution in [3.8, 4) is 0 Å². The van der Waals surface area contributed by atoms with Crippen molar-refractivity contribution in [1.82, 2.24) is 4.90 Å². The SMILES string of the molecule is CC1CCN(CCCCN)CC1. The number of likely N-dealkylation sites (tertiary alicyclic amines) is 1. The Labute approximate surface area is 76.1 Å². The first-order valence-corrected chi connectivity index (χ1v) is 5.25. The average Bonchev–Trinajstić information content (AvgIpc) is 2.09. The van der Waals surface area contributed by atoms with Gasteiger partial charge in [-0.05, 0) is 57.8 Å². The summed E-state index contributed by atoms with van der Waals surface area (Å²) >= 11 is 0. The quantitative estimate of drug-likeness (QED) is 0.647. The molecule has 1 fully saturated rings. The topological polar surface area (TPSA) is 29.3 Å². The van der Waals surface area contributed by atoms with Crippen LogP contribution in [0, 0.1) is 5.92 Å². The number of hydrogen-bond acceptors (Lipinski definition) is 2. The van der Waals surface area contributed by atoms with E-state index in [0.29, 0.717) is 0 Å². The minimum absolute atomic E-state index is 0.851. The van der Waals surface area contributed by atoms with Crippen molar-refractivity contribution < 1.29 is 0 Å². The van der Waals surface area contributed by atoms with Gasteiger partial charge in [0.25, 0.3) is 0 Å². The first-order chi connectivity index (χ1) is 5.83. The lowest BCUT2D eigenvalue weighted by Gasteiger charge is -2.29. The summed E-state index contributed by atoms with van der Waals surface area (Å²) in [4.78, 5) is 2.58. The Balaban J connectivity index is 2.01. The van der Waals surface area contributed by atoms with Gasteiger partial charge in [-0.15, -0.1) is 0 Å². The average molecular weight is 170 g/mol. The Morgan fingerprint density at radius 2 is 1.92 bits per heavy atom. The van der Waals surface area contributed by atoms with Gasteiger partial charge in [-0.25, -0.2) is 0 Å². The van der Waals surface area contributed by atoms with E-state index < -0.39 is 0 Å². The molecule has 0 spiro atoms. The zero-order valence-electron chi connectivity index (χ0n) is 8.26. The highest BCUT2D eigenvalue weighted by Gasteiger charge is 2.14. The van der Waals surface area contributed by atoms with E-state index in [0.717, 1.165) is 12.5 Å². The third-order valence-electron chi connectivity index (χ3n) is 2.80. The van der Waals surface area contributed by atoms with Crippen LogP contribution in [0.3, 0.4) is 0 Å². The van der Waals surface area contributed by atoms with Crippen LogP contribution < -0.4 is 5.73 Å². The van der Waals surface area contributed by atoms with Crippen molar-refractivity contribution >= 4 is 0 Å². The van der Waals surface area contributed by atoms with Crippen molar-refractivity contribution in [3.63, 3.8) is 0 Å². The van der Waals surface area contributed by atoms with Gasteiger partial charge in [0.1, 0.15) is 0 Å². The Hall–Kier alpha value is -0.0800. The van der Waals surface area contributed by atoms with Gasteiger partial charge in [-0.1, -0.05) is 6.92 Å². The fraction of sp³-hybridized carbons (Fsp3) is 1.00. The molecule has 72 valence electrons. The molecule has 0 radical (unpaired) electrons. The highest BCUT2D eigenvalue weighted by molar-refractivity contribution is 4.68. The first kappa shape index (κ1) is 10.0. The van der Waals surface area contributed by atoms with E-state index in [1.54, 1.807) is 0 Å². The van der Waals surface area contributed by atoms with Crippen LogP contribution in [0.1, 0.15) is 32.6 Å². The van der Waals surface area contributed by atoms with E-state index in [2.05, 4.69) is 11.8 Å². The van der Waals surface area contributed by atoms with E-state index >= 15 is 0 Å². The van der Waals surface area contributed by atoms with Crippen LogP contribution in [-0.2, 0) is 0 Å². The monoisotopic (exact) mass is 170 g/mol. The normalized spacial score (nSPS) is 21.5. The summed E-state index contributed by atoms with van der Waals surface area (Å²) in [6.45, 7) is 7.10. The summed E-state index contributed by atoms with van der Waals surface area (Å²) < 4.78 is 0. The van der Waals surface area contributed by atoms with Gasteiger partial charge >= 0.3 is 0 Å². The van der Waals surface area contributed by atoms with Crippen molar-refractivity contribution in [1.29, 1.82) is 0 Å². The van der Waals surface area contributed by atoms with Gasteiger partial charge in [-0.3, -0.25) is 0 Å². The molecule has 2 nitrogen and oxygen atoms in total. The van der Waals surface area contributed by atoms with E-state index in [9.17, 15) is 0 Å². The molecule has 1 rings (SSSR count). The minimum atomic E-state index is 0.851. The molecule has 2 heteroatoms. The Morgan fingerprint density at radius 3 is 2.50 bits per heavy atom. The van der Waals surface area contributed by atoms with Crippen LogP contribution in [-0.4, -0.2) is 31.1 Å². The molecule has 0 unspecified atom stereocenters. The van der Waals surface area contributed by atoms with E-state index in [1.165, 1.54) is 45.3 Å². The first-order valence-electron chi connectivity index (χ1n) is 5.25. The largest absolute Gasteiger partial charge is 0.330 e. The van der Waals surface area contributed by atoms with E-state index in [4.69, 9.17) is 5.73 Å². The predicted molar refractivity (Wildman–Crippen MR) is 53.1 cm³/mol. The summed E-state index contributed by atoms with van der Waals surface area (Å²) in [7, 11) is 0. The zero-order chi connectivity index (χ0) is 8.81. The molecule has 0 aromatic heterocycles. The Morgan fingerprint density at radius 1 is 1.25 bits per heavy atom. The fourth-order valence-corrected chi connectivity index (χ4v) is 1.77. The molecule has 0 aromatic carbocycles. The number of nitrogens with zero attached hydrogens (tertiary/aromatic N) is 1. The summed E-state index contributed by atoms with van der Waals surface area (Å²) in [6, 6.07) is 0. The molecular weight excluding hydrogens is 148 g/mol. The summed E-state index contributed by atoms with van der Waals surface area (Å²) in [5.41, 5.74) is 5.45. The van der Waals surface area contributed by atoms with Crippen LogP contribution in [0.2, 0.25) is 0 Å². The number of piperidine rings is 1. The van der Waals surface area contributed by atoms with Crippen molar-refractivity contribution in [2.24, 2.45) is 11.7 Å². The molecule has 0 atom stereocenters. The molecule has 0 saturated carbocycles. The summed E-state index contributed by atoms with van der Waals surface area (Å²) in [6.07, 6.45) is 5.25. The lowest BCUT2D eigenvalue weighted by Crippen LogP contribution is -2.33. The van der Waals surface area contributed by atoms with E-state index in [1.807, 2.05) is 0 Å². The highest BCUT2D eigenvalue weighted by Crippen LogP contribution is 2.15. The van der Waals surface area contributed by atoms with Crippen LogP contribution >= 0.6 is 0 Å². The lowest BCUT2D eigenvalue weighted by molar-refractivity contribution is 0.190.